The SMILES string of the molecule is CCC(CO)NC1C(=O)Nc2c(C)cc(C)cc21. The summed E-state index contributed by atoms with van der Waals surface area (Å²) in [6, 6.07) is 3.69. The van der Waals surface area contributed by atoms with Crippen molar-refractivity contribution in [1.82, 2.24) is 5.32 Å². The van der Waals surface area contributed by atoms with Crippen LogP contribution in [-0.4, -0.2) is 23.7 Å². The summed E-state index contributed by atoms with van der Waals surface area (Å²) in [4.78, 5) is 12.0. The van der Waals surface area contributed by atoms with E-state index in [1.807, 2.05) is 26.8 Å². The highest BCUT2D eigenvalue weighted by Gasteiger charge is 2.32. The molecule has 1 aromatic carbocycles. The van der Waals surface area contributed by atoms with Gasteiger partial charge in [-0.3, -0.25) is 10.1 Å². The number of aliphatic hydroxyl groups is 1. The third-order valence-electron chi connectivity index (χ3n) is 3.45. The third-order valence-corrected chi connectivity index (χ3v) is 3.45. The zero-order chi connectivity index (χ0) is 13.3. The second-order valence-corrected chi connectivity index (χ2v) is 4.92. The maximum absolute atomic E-state index is 12.0. The molecule has 4 nitrogen and oxygen atoms in total. The molecule has 0 saturated carbocycles. The molecule has 0 aliphatic carbocycles. The molecule has 98 valence electrons. The lowest BCUT2D eigenvalue weighted by molar-refractivity contribution is -0.117. The van der Waals surface area contributed by atoms with Crippen LogP contribution in [0.1, 0.15) is 36.1 Å². The highest BCUT2D eigenvalue weighted by atomic mass is 16.3. The van der Waals surface area contributed by atoms with Gasteiger partial charge >= 0.3 is 0 Å². The zero-order valence-corrected chi connectivity index (χ0v) is 11.1. The topological polar surface area (TPSA) is 61.4 Å². The zero-order valence-electron chi connectivity index (χ0n) is 11.1. The van der Waals surface area contributed by atoms with Crippen LogP contribution in [-0.2, 0) is 4.79 Å². The number of aryl methyl sites for hydroxylation is 2. The Bertz CT molecular complexity index is 467. The summed E-state index contributed by atoms with van der Waals surface area (Å²) in [5.74, 6) is -0.0365. The van der Waals surface area contributed by atoms with Gasteiger partial charge < -0.3 is 10.4 Å². The summed E-state index contributed by atoms with van der Waals surface area (Å²) in [5.41, 5.74) is 4.13. The van der Waals surface area contributed by atoms with Gasteiger partial charge in [-0.1, -0.05) is 24.6 Å². The maximum atomic E-state index is 12.0. The molecule has 0 saturated heterocycles. The summed E-state index contributed by atoms with van der Waals surface area (Å²) >= 11 is 0. The number of fused-ring (bicyclic) bond motifs is 1. The Morgan fingerprint density at radius 1 is 1.44 bits per heavy atom. The van der Waals surface area contributed by atoms with E-state index in [2.05, 4.69) is 16.7 Å². The van der Waals surface area contributed by atoms with Gasteiger partial charge in [-0.2, -0.15) is 0 Å². The van der Waals surface area contributed by atoms with E-state index in [1.54, 1.807) is 0 Å². The quantitative estimate of drug-likeness (QED) is 0.759. The van der Waals surface area contributed by atoms with Crippen molar-refractivity contribution in [3.8, 4) is 0 Å². The van der Waals surface area contributed by atoms with Crippen molar-refractivity contribution in [2.45, 2.75) is 39.3 Å². The Kier molecular flexibility index (Phi) is 3.68. The highest BCUT2D eigenvalue weighted by Crippen LogP contribution is 2.34. The molecule has 4 heteroatoms. The van der Waals surface area contributed by atoms with Crippen LogP contribution in [0, 0.1) is 13.8 Å². The van der Waals surface area contributed by atoms with E-state index in [0.717, 1.165) is 28.8 Å². The minimum atomic E-state index is -0.351. The molecule has 2 unspecified atom stereocenters. The van der Waals surface area contributed by atoms with Crippen molar-refractivity contribution in [3.63, 3.8) is 0 Å². The molecule has 1 aliphatic rings. The summed E-state index contributed by atoms with van der Waals surface area (Å²) in [6.45, 7) is 6.05. The van der Waals surface area contributed by atoms with Crippen molar-refractivity contribution >= 4 is 11.6 Å². The van der Waals surface area contributed by atoms with E-state index in [9.17, 15) is 9.90 Å². The van der Waals surface area contributed by atoms with Crippen LogP contribution in [0.15, 0.2) is 12.1 Å². The summed E-state index contributed by atoms with van der Waals surface area (Å²) in [5, 5.41) is 15.4. The van der Waals surface area contributed by atoms with Gasteiger partial charge in [0.1, 0.15) is 6.04 Å². The fourth-order valence-electron chi connectivity index (χ4n) is 2.44. The van der Waals surface area contributed by atoms with Gasteiger partial charge in [-0.25, -0.2) is 0 Å². The van der Waals surface area contributed by atoms with Crippen molar-refractivity contribution in [2.24, 2.45) is 0 Å². The number of anilines is 1. The largest absolute Gasteiger partial charge is 0.395 e. The lowest BCUT2D eigenvalue weighted by Crippen LogP contribution is -2.38. The average molecular weight is 248 g/mol. The smallest absolute Gasteiger partial charge is 0.246 e. The average Bonchev–Trinajstić information content (AvgIpc) is 2.63. The molecule has 3 N–H and O–H groups in total. The molecule has 1 heterocycles. The number of carbonyl (C=O) groups is 1. The molecule has 0 radical (unpaired) electrons. The standard InChI is InChI=1S/C14H20N2O2/c1-4-10(7-17)15-13-11-6-8(2)5-9(3)12(11)16-14(13)18/h5-6,10,13,15,17H,4,7H2,1-3H3,(H,16,18). The minimum absolute atomic E-state index is 0.0365. The van der Waals surface area contributed by atoms with Crippen LogP contribution in [0.2, 0.25) is 0 Å². The fourth-order valence-corrected chi connectivity index (χ4v) is 2.44. The van der Waals surface area contributed by atoms with E-state index in [0.29, 0.717) is 0 Å². The minimum Gasteiger partial charge on any atom is -0.395 e. The number of rotatable bonds is 4. The second-order valence-electron chi connectivity index (χ2n) is 4.92. The molecule has 0 spiro atoms. The number of hydrogen-bond donors (Lipinski definition) is 3. The number of nitrogens with one attached hydrogen (secondary N) is 2. The number of aliphatic hydroxyl groups excluding tert-OH is 1. The van der Waals surface area contributed by atoms with Crippen LogP contribution in [0.5, 0.6) is 0 Å². The first kappa shape index (κ1) is 13.1. The van der Waals surface area contributed by atoms with Crippen LogP contribution in [0.4, 0.5) is 5.69 Å². The van der Waals surface area contributed by atoms with Gasteiger partial charge in [0.15, 0.2) is 0 Å². The van der Waals surface area contributed by atoms with Gasteiger partial charge in [0.2, 0.25) is 5.91 Å². The van der Waals surface area contributed by atoms with Crippen LogP contribution in [0.25, 0.3) is 0 Å². The molecule has 0 bridgehead atoms. The van der Waals surface area contributed by atoms with Crippen molar-refractivity contribution in [2.75, 3.05) is 11.9 Å². The predicted molar refractivity (Wildman–Crippen MR) is 71.6 cm³/mol. The molecule has 1 aromatic rings. The summed E-state index contributed by atoms with van der Waals surface area (Å²) in [7, 11) is 0. The summed E-state index contributed by atoms with van der Waals surface area (Å²) in [6.07, 6.45) is 0.792. The van der Waals surface area contributed by atoms with E-state index in [-0.39, 0.29) is 24.6 Å². The fraction of sp³-hybridized carbons (Fsp3) is 0.500. The van der Waals surface area contributed by atoms with Crippen LogP contribution < -0.4 is 10.6 Å². The Morgan fingerprint density at radius 3 is 2.78 bits per heavy atom. The first-order chi connectivity index (χ1) is 8.56. The molecule has 1 amide bonds. The van der Waals surface area contributed by atoms with Gasteiger partial charge in [0, 0.05) is 17.3 Å². The molecule has 1 aliphatic heterocycles. The van der Waals surface area contributed by atoms with Crippen molar-refractivity contribution in [3.05, 3.63) is 28.8 Å². The molecule has 2 atom stereocenters. The molecular weight excluding hydrogens is 228 g/mol. The molecular formula is C14H20N2O2. The molecule has 0 fully saturated rings. The predicted octanol–water partition coefficient (Wildman–Crippen LogP) is 1.66. The number of carbonyl (C=O) groups excluding carboxylic acids is 1. The number of benzene rings is 1. The second kappa shape index (κ2) is 5.08. The van der Waals surface area contributed by atoms with Gasteiger partial charge in [-0.15, -0.1) is 0 Å². The van der Waals surface area contributed by atoms with E-state index in [1.165, 1.54) is 0 Å². The number of hydrogen-bond acceptors (Lipinski definition) is 3. The van der Waals surface area contributed by atoms with E-state index >= 15 is 0 Å². The molecule has 2 rings (SSSR count). The monoisotopic (exact) mass is 248 g/mol. The van der Waals surface area contributed by atoms with Crippen LogP contribution >= 0.6 is 0 Å². The molecule has 18 heavy (non-hydrogen) atoms. The van der Waals surface area contributed by atoms with Crippen molar-refractivity contribution in [1.29, 1.82) is 0 Å². The Morgan fingerprint density at radius 2 is 2.17 bits per heavy atom. The Balaban J connectivity index is 2.32. The first-order valence-electron chi connectivity index (χ1n) is 6.35. The van der Waals surface area contributed by atoms with Gasteiger partial charge in [0.25, 0.3) is 0 Å². The Hall–Kier alpha value is -1.39. The van der Waals surface area contributed by atoms with Crippen molar-refractivity contribution < 1.29 is 9.90 Å². The Labute approximate surface area is 107 Å². The maximum Gasteiger partial charge on any atom is 0.246 e. The normalized spacial score (nSPS) is 19.6. The van der Waals surface area contributed by atoms with Gasteiger partial charge in [0.05, 0.1) is 6.61 Å². The van der Waals surface area contributed by atoms with Crippen LogP contribution in [0.3, 0.4) is 0 Å². The highest BCUT2D eigenvalue weighted by molar-refractivity contribution is 6.03. The van der Waals surface area contributed by atoms with E-state index < -0.39 is 0 Å². The number of amides is 1. The van der Waals surface area contributed by atoms with E-state index in [4.69, 9.17) is 0 Å². The first-order valence-corrected chi connectivity index (χ1v) is 6.35. The van der Waals surface area contributed by atoms with Gasteiger partial charge in [-0.05, 0) is 25.8 Å². The molecule has 0 aromatic heterocycles. The third kappa shape index (κ3) is 2.26. The summed E-state index contributed by atoms with van der Waals surface area (Å²) < 4.78 is 0. The lowest BCUT2D eigenvalue weighted by atomic mass is 10.0. The lowest BCUT2D eigenvalue weighted by Gasteiger charge is -2.19.